The van der Waals surface area contributed by atoms with Crippen LogP contribution in [0.25, 0.3) is 11.5 Å². The molecule has 1 aromatic heterocycles. The highest BCUT2D eigenvalue weighted by molar-refractivity contribution is 5.54. The zero-order valence-corrected chi connectivity index (χ0v) is 10.9. The number of benzene rings is 1. The van der Waals surface area contributed by atoms with Gasteiger partial charge in [0.05, 0.1) is 12.6 Å². The minimum atomic E-state index is -4.73. The Labute approximate surface area is 117 Å². The maximum absolute atomic E-state index is 12.0. The highest BCUT2D eigenvalue weighted by atomic mass is 19.4. The molecule has 0 amide bonds. The van der Waals surface area contributed by atoms with E-state index >= 15 is 0 Å². The van der Waals surface area contributed by atoms with E-state index in [4.69, 9.17) is 15.0 Å². The number of rotatable bonds is 5. The van der Waals surface area contributed by atoms with Crippen molar-refractivity contribution in [1.82, 2.24) is 10.1 Å². The SMILES string of the molecule is COC[C@H](N)c1noc(-c2ccc(OC(F)(F)F)cc2)n1. The lowest BCUT2D eigenvalue weighted by molar-refractivity contribution is -0.274. The molecule has 2 N–H and O–H groups in total. The minimum absolute atomic E-state index is 0.148. The van der Waals surface area contributed by atoms with Crippen LogP contribution in [-0.4, -0.2) is 30.2 Å². The van der Waals surface area contributed by atoms with Crippen molar-refractivity contribution in [3.8, 4) is 17.2 Å². The number of nitrogens with two attached hydrogens (primary N) is 1. The fraction of sp³-hybridized carbons (Fsp3) is 0.333. The Bertz CT molecular complexity index is 583. The summed E-state index contributed by atoms with van der Waals surface area (Å²) < 4.78 is 49.8. The van der Waals surface area contributed by atoms with Gasteiger partial charge in [-0.3, -0.25) is 0 Å². The van der Waals surface area contributed by atoms with E-state index in [1.807, 2.05) is 0 Å². The van der Waals surface area contributed by atoms with Crippen LogP contribution in [0.5, 0.6) is 5.75 Å². The summed E-state index contributed by atoms with van der Waals surface area (Å²) in [5.74, 6) is 0.0691. The van der Waals surface area contributed by atoms with Gasteiger partial charge in [0.2, 0.25) is 0 Å². The highest BCUT2D eigenvalue weighted by Gasteiger charge is 2.31. The van der Waals surface area contributed by atoms with Crippen molar-refractivity contribution < 1.29 is 27.2 Å². The van der Waals surface area contributed by atoms with Crippen LogP contribution in [0.1, 0.15) is 11.9 Å². The van der Waals surface area contributed by atoms with Gasteiger partial charge >= 0.3 is 6.36 Å². The smallest absolute Gasteiger partial charge is 0.406 e. The largest absolute Gasteiger partial charge is 0.573 e. The van der Waals surface area contributed by atoms with E-state index in [1.54, 1.807) is 0 Å². The van der Waals surface area contributed by atoms with Gasteiger partial charge in [0.1, 0.15) is 5.75 Å². The molecule has 0 bridgehead atoms. The first-order valence-corrected chi connectivity index (χ1v) is 5.83. The zero-order chi connectivity index (χ0) is 15.5. The van der Waals surface area contributed by atoms with Crippen LogP contribution >= 0.6 is 0 Å². The summed E-state index contributed by atoms with van der Waals surface area (Å²) in [6, 6.07) is 4.52. The zero-order valence-electron chi connectivity index (χ0n) is 10.9. The van der Waals surface area contributed by atoms with Gasteiger partial charge in [-0.25, -0.2) is 0 Å². The second-order valence-electron chi connectivity index (χ2n) is 4.09. The summed E-state index contributed by atoms with van der Waals surface area (Å²) >= 11 is 0. The van der Waals surface area contributed by atoms with Gasteiger partial charge in [-0.05, 0) is 24.3 Å². The fourth-order valence-electron chi connectivity index (χ4n) is 1.56. The van der Waals surface area contributed by atoms with Crippen molar-refractivity contribution in [2.24, 2.45) is 5.73 Å². The van der Waals surface area contributed by atoms with Crippen LogP contribution in [-0.2, 0) is 4.74 Å². The van der Waals surface area contributed by atoms with Crippen LogP contribution in [0.2, 0.25) is 0 Å². The van der Waals surface area contributed by atoms with Crippen molar-refractivity contribution >= 4 is 0 Å². The maximum Gasteiger partial charge on any atom is 0.573 e. The number of alkyl halides is 3. The Hall–Kier alpha value is -2.13. The first-order valence-electron chi connectivity index (χ1n) is 5.83. The molecule has 2 aromatic rings. The van der Waals surface area contributed by atoms with Gasteiger partial charge in [0.25, 0.3) is 5.89 Å². The van der Waals surface area contributed by atoms with Gasteiger partial charge in [0.15, 0.2) is 5.82 Å². The Morgan fingerprint density at radius 3 is 2.52 bits per heavy atom. The molecular formula is C12H12F3N3O3. The molecule has 0 aliphatic heterocycles. The lowest BCUT2D eigenvalue weighted by Gasteiger charge is -2.08. The molecule has 9 heteroatoms. The predicted octanol–water partition coefficient (Wildman–Crippen LogP) is 2.28. The minimum Gasteiger partial charge on any atom is -0.406 e. The Kier molecular flexibility index (Phi) is 4.43. The number of methoxy groups -OCH3 is 1. The third-order valence-electron chi connectivity index (χ3n) is 2.45. The molecule has 0 radical (unpaired) electrons. The topological polar surface area (TPSA) is 83.4 Å². The van der Waals surface area contributed by atoms with Crippen LogP contribution in [0, 0.1) is 0 Å². The molecule has 0 fully saturated rings. The summed E-state index contributed by atoms with van der Waals surface area (Å²) in [6.07, 6.45) is -4.73. The van der Waals surface area contributed by atoms with E-state index < -0.39 is 12.4 Å². The van der Waals surface area contributed by atoms with E-state index in [-0.39, 0.29) is 24.1 Å². The van der Waals surface area contributed by atoms with Crippen LogP contribution in [0.4, 0.5) is 13.2 Å². The van der Waals surface area contributed by atoms with Crippen LogP contribution in [0.15, 0.2) is 28.8 Å². The van der Waals surface area contributed by atoms with Crippen LogP contribution < -0.4 is 10.5 Å². The fourth-order valence-corrected chi connectivity index (χ4v) is 1.56. The molecule has 1 atom stereocenters. The second kappa shape index (κ2) is 6.10. The van der Waals surface area contributed by atoms with Crippen molar-refractivity contribution in [3.63, 3.8) is 0 Å². The highest BCUT2D eigenvalue weighted by Crippen LogP contribution is 2.26. The number of aromatic nitrogens is 2. The van der Waals surface area contributed by atoms with Gasteiger partial charge < -0.3 is 19.7 Å². The molecule has 2 rings (SSSR count). The maximum atomic E-state index is 12.0. The quantitative estimate of drug-likeness (QED) is 0.912. The first kappa shape index (κ1) is 15.3. The van der Waals surface area contributed by atoms with Crippen molar-refractivity contribution in [2.45, 2.75) is 12.4 Å². The Balaban J connectivity index is 2.12. The summed E-state index contributed by atoms with van der Waals surface area (Å²) in [7, 11) is 1.49. The molecule has 0 saturated heterocycles. The summed E-state index contributed by atoms with van der Waals surface area (Å²) in [4.78, 5) is 4.06. The Morgan fingerprint density at radius 2 is 1.95 bits per heavy atom. The number of halogens is 3. The number of hydrogen-bond acceptors (Lipinski definition) is 6. The van der Waals surface area contributed by atoms with E-state index in [2.05, 4.69) is 14.9 Å². The average Bonchev–Trinajstić information content (AvgIpc) is 2.87. The average molecular weight is 303 g/mol. The number of ether oxygens (including phenoxy) is 2. The monoisotopic (exact) mass is 303 g/mol. The molecule has 0 saturated carbocycles. The van der Waals surface area contributed by atoms with Crippen molar-refractivity contribution in [1.29, 1.82) is 0 Å². The molecule has 0 unspecified atom stereocenters. The third-order valence-corrected chi connectivity index (χ3v) is 2.45. The van der Waals surface area contributed by atoms with Gasteiger partial charge in [-0.1, -0.05) is 5.16 Å². The van der Waals surface area contributed by atoms with Crippen LogP contribution in [0.3, 0.4) is 0 Å². The summed E-state index contributed by atoms with van der Waals surface area (Å²) in [5, 5.41) is 3.69. The van der Waals surface area contributed by atoms with Crippen molar-refractivity contribution in [3.05, 3.63) is 30.1 Å². The van der Waals surface area contributed by atoms with Crippen molar-refractivity contribution in [2.75, 3.05) is 13.7 Å². The van der Waals surface area contributed by atoms with E-state index in [0.29, 0.717) is 5.56 Å². The van der Waals surface area contributed by atoms with E-state index in [9.17, 15) is 13.2 Å². The van der Waals surface area contributed by atoms with E-state index in [1.165, 1.54) is 19.2 Å². The first-order chi connectivity index (χ1) is 9.89. The van der Waals surface area contributed by atoms with Gasteiger partial charge in [0, 0.05) is 12.7 Å². The van der Waals surface area contributed by atoms with E-state index in [0.717, 1.165) is 12.1 Å². The molecule has 0 aliphatic carbocycles. The van der Waals surface area contributed by atoms with Gasteiger partial charge in [-0.15, -0.1) is 13.2 Å². The normalized spacial score (nSPS) is 13.2. The Morgan fingerprint density at radius 1 is 1.29 bits per heavy atom. The number of hydrogen-bond donors (Lipinski definition) is 1. The molecule has 21 heavy (non-hydrogen) atoms. The standard InChI is InChI=1S/C12H12F3N3O3/c1-19-6-9(16)10-17-11(21-18-10)7-2-4-8(5-3-7)20-12(13,14)15/h2-5,9H,6,16H2,1H3/t9-/m0/s1. The predicted molar refractivity (Wildman–Crippen MR) is 65.2 cm³/mol. The molecule has 0 spiro atoms. The summed E-state index contributed by atoms with van der Waals surface area (Å²) in [6.45, 7) is 0.220. The summed E-state index contributed by atoms with van der Waals surface area (Å²) in [5.41, 5.74) is 6.19. The molecule has 114 valence electrons. The molecular weight excluding hydrogens is 291 g/mol. The molecule has 1 heterocycles. The molecule has 0 aliphatic rings. The second-order valence-corrected chi connectivity index (χ2v) is 4.09. The third kappa shape index (κ3) is 4.17. The lowest BCUT2D eigenvalue weighted by atomic mass is 10.2. The number of nitrogens with zero attached hydrogens (tertiary/aromatic N) is 2. The molecule has 6 nitrogen and oxygen atoms in total. The van der Waals surface area contributed by atoms with Gasteiger partial charge in [-0.2, -0.15) is 4.98 Å². The molecule has 1 aromatic carbocycles. The lowest BCUT2D eigenvalue weighted by Crippen LogP contribution is -2.17.